The number of carbonyl (C=O) groups is 2. The highest BCUT2D eigenvalue weighted by atomic mass is 16.4. The number of hydrogen-bond acceptors (Lipinski definition) is 4. The lowest BCUT2D eigenvalue weighted by Crippen LogP contribution is -2.36. The van der Waals surface area contributed by atoms with Crippen molar-refractivity contribution in [2.45, 2.75) is 33.2 Å². The van der Waals surface area contributed by atoms with E-state index >= 15 is 0 Å². The van der Waals surface area contributed by atoms with Crippen LogP contribution in [0.5, 0.6) is 0 Å². The monoisotopic (exact) mass is 279 g/mol. The van der Waals surface area contributed by atoms with Crippen LogP contribution in [0.2, 0.25) is 0 Å². The third kappa shape index (κ3) is 4.53. The summed E-state index contributed by atoms with van der Waals surface area (Å²) in [5, 5.41) is 12.0. The van der Waals surface area contributed by atoms with Crippen molar-refractivity contribution in [3.63, 3.8) is 0 Å². The first kappa shape index (κ1) is 15.9. The highest BCUT2D eigenvalue weighted by Crippen LogP contribution is 2.15. The lowest BCUT2D eigenvalue weighted by molar-refractivity contribution is -0.137. The van der Waals surface area contributed by atoms with Crippen LogP contribution < -0.4 is 5.32 Å². The van der Waals surface area contributed by atoms with Gasteiger partial charge in [0.05, 0.1) is 5.56 Å². The molecule has 1 aromatic rings. The van der Waals surface area contributed by atoms with Gasteiger partial charge in [0.25, 0.3) is 5.91 Å². The maximum Gasteiger partial charge on any atom is 0.323 e. The molecule has 0 fully saturated rings. The summed E-state index contributed by atoms with van der Waals surface area (Å²) in [7, 11) is 0. The van der Waals surface area contributed by atoms with Crippen LogP contribution in [0.15, 0.2) is 18.3 Å². The summed E-state index contributed by atoms with van der Waals surface area (Å²) >= 11 is 0. The number of nitrogens with zero attached hydrogens (tertiary/aromatic N) is 2. The van der Waals surface area contributed by atoms with E-state index in [1.54, 1.807) is 18.3 Å². The second-order valence-corrected chi connectivity index (χ2v) is 4.82. The predicted octanol–water partition coefficient (Wildman–Crippen LogP) is 1.84. The molecule has 0 aromatic carbocycles. The van der Waals surface area contributed by atoms with Crippen LogP contribution in [-0.2, 0) is 4.79 Å². The molecular weight excluding hydrogens is 258 g/mol. The first-order valence-electron chi connectivity index (χ1n) is 6.68. The Bertz CT molecular complexity index is 474. The van der Waals surface area contributed by atoms with E-state index in [4.69, 9.17) is 5.11 Å². The number of aliphatic carboxylic acids is 1. The standard InChI is InChI=1S/C14H21N3O3/c1-4-8-17(9-12(18)19)14(20)11-6-5-7-15-13(11)16-10(2)3/h5-7,10H,4,8-9H2,1-3H3,(H,15,16)(H,18,19). The van der Waals surface area contributed by atoms with Crippen LogP contribution in [0.3, 0.4) is 0 Å². The molecule has 0 aliphatic carbocycles. The van der Waals surface area contributed by atoms with Gasteiger partial charge in [0.1, 0.15) is 12.4 Å². The number of aromatic nitrogens is 1. The molecule has 6 heteroatoms. The van der Waals surface area contributed by atoms with Gasteiger partial charge < -0.3 is 15.3 Å². The first-order chi connectivity index (χ1) is 9.45. The van der Waals surface area contributed by atoms with Gasteiger partial charge in [-0.05, 0) is 32.4 Å². The quantitative estimate of drug-likeness (QED) is 0.795. The smallest absolute Gasteiger partial charge is 0.323 e. The van der Waals surface area contributed by atoms with E-state index in [2.05, 4.69) is 10.3 Å². The topological polar surface area (TPSA) is 82.5 Å². The van der Waals surface area contributed by atoms with Crippen molar-refractivity contribution in [3.05, 3.63) is 23.9 Å². The number of carbonyl (C=O) groups excluding carboxylic acids is 1. The van der Waals surface area contributed by atoms with Crippen LogP contribution in [0.25, 0.3) is 0 Å². The maximum atomic E-state index is 12.5. The Morgan fingerprint density at radius 3 is 2.70 bits per heavy atom. The van der Waals surface area contributed by atoms with Crippen molar-refractivity contribution in [2.24, 2.45) is 0 Å². The SMILES string of the molecule is CCCN(CC(=O)O)C(=O)c1cccnc1NC(C)C. The summed E-state index contributed by atoms with van der Waals surface area (Å²) < 4.78 is 0. The summed E-state index contributed by atoms with van der Waals surface area (Å²) in [5.41, 5.74) is 0.399. The number of anilines is 1. The fraction of sp³-hybridized carbons (Fsp3) is 0.500. The number of nitrogens with one attached hydrogen (secondary N) is 1. The highest BCUT2D eigenvalue weighted by Gasteiger charge is 2.21. The second-order valence-electron chi connectivity index (χ2n) is 4.82. The minimum Gasteiger partial charge on any atom is -0.480 e. The summed E-state index contributed by atoms with van der Waals surface area (Å²) in [6.07, 6.45) is 2.30. The van der Waals surface area contributed by atoms with Gasteiger partial charge in [-0.25, -0.2) is 4.98 Å². The van der Waals surface area contributed by atoms with E-state index in [0.717, 1.165) is 0 Å². The molecule has 0 bridgehead atoms. The van der Waals surface area contributed by atoms with E-state index < -0.39 is 5.97 Å². The minimum atomic E-state index is -1.02. The Labute approximate surface area is 118 Å². The normalized spacial score (nSPS) is 10.4. The summed E-state index contributed by atoms with van der Waals surface area (Å²) in [6, 6.07) is 3.46. The Balaban J connectivity index is 3.01. The second kappa shape index (κ2) is 7.47. The van der Waals surface area contributed by atoms with Gasteiger partial charge in [0.2, 0.25) is 0 Å². The molecule has 1 heterocycles. The van der Waals surface area contributed by atoms with Crippen molar-refractivity contribution >= 4 is 17.7 Å². The molecule has 20 heavy (non-hydrogen) atoms. The van der Waals surface area contributed by atoms with Gasteiger partial charge >= 0.3 is 5.97 Å². The van der Waals surface area contributed by atoms with E-state index in [0.29, 0.717) is 24.3 Å². The molecule has 1 aromatic heterocycles. The molecule has 6 nitrogen and oxygen atoms in total. The Kier molecular flexibility index (Phi) is 5.96. The lowest BCUT2D eigenvalue weighted by Gasteiger charge is -2.21. The lowest BCUT2D eigenvalue weighted by atomic mass is 10.2. The van der Waals surface area contributed by atoms with E-state index in [1.165, 1.54) is 4.90 Å². The van der Waals surface area contributed by atoms with Gasteiger partial charge in [-0.2, -0.15) is 0 Å². The number of rotatable bonds is 7. The van der Waals surface area contributed by atoms with E-state index in [1.807, 2.05) is 20.8 Å². The van der Waals surface area contributed by atoms with Crippen LogP contribution in [0.1, 0.15) is 37.6 Å². The van der Waals surface area contributed by atoms with Gasteiger partial charge in [-0.15, -0.1) is 0 Å². The molecule has 2 N–H and O–H groups in total. The van der Waals surface area contributed by atoms with E-state index in [9.17, 15) is 9.59 Å². The molecule has 0 unspecified atom stereocenters. The third-order valence-corrected chi connectivity index (χ3v) is 2.57. The van der Waals surface area contributed by atoms with E-state index in [-0.39, 0.29) is 18.5 Å². The van der Waals surface area contributed by atoms with Crippen LogP contribution in [0.4, 0.5) is 5.82 Å². The van der Waals surface area contributed by atoms with Gasteiger partial charge in [0, 0.05) is 18.8 Å². The zero-order chi connectivity index (χ0) is 15.1. The minimum absolute atomic E-state index is 0.135. The number of pyridine rings is 1. The molecule has 0 spiro atoms. The maximum absolute atomic E-state index is 12.5. The largest absolute Gasteiger partial charge is 0.480 e. The number of hydrogen-bond donors (Lipinski definition) is 2. The van der Waals surface area contributed by atoms with Crippen LogP contribution in [-0.4, -0.2) is 46.0 Å². The fourth-order valence-corrected chi connectivity index (χ4v) is 1.82. The van der Waals surface area contributed by atoms with Crippen LogP contribution in [0, 0.1) is 0 Å². The zero-order valence-electron chi connectivity index (χ0n) is 12.1. The third-order valence-electron chi connectivity index (χ3n) is 2.57. The Morgan fingerprint density at radius 2 is 2.15 bits per heavy atom. The first-order valence-corrected chi connectivity index (χ1v) is 6.68. The Hall–Kier alpha value is -2.11. The van der Waals surface area contributed by atoms with Crippen molar-refractivity contribution in [2.75, 3.05) is 18.4 Å². The van der Waals surface area contributed by atoms with Crippen LogP contribution >= 0.6 is 0 Å². The molecule has 0 saturated heterocycles. The molecule has 1 amide bonds. The summed E-state index contributed by atoms with van der Waals surface area (Å²) in [5.74, 6) is -0.849. The van der Waals surface area contributed by atoms with Crippen molar-refractivity contribution in [1.29, 1.82) is 0 Å². The molecule has 0 saturated carbocycles. The fourth-order valence-electron chi connectivity index (χ4n) is 1.82. The molecule has 0 aliphatic rings. The van der Waals surface area contributed by atoms with Gasteiger partial charge in [-0.3, -0.25) is 9.59 Å². The number of carboxylic acids is 1. The number of carboxylic acid groups (broad SMARTS) is 1. The summed E-state index contributed by atoms with van der Waals surface area (Å²) in [6.45, 7) is 5.90. The molecule has 0 aliphatic heterocycles. The van der Waals surface area contributed by atoms with Crippen molar-refractivity contribution < 1.29 is 14.7 Å². The zero-order valence-corrected chi connectivity index (χ0v) is 12.1. The molecule has 1 rings (SSSR count). The van der Waals surface area contributed by atoms with Gasteiger partial charge in [-0.1, -0.05) is 6.92 Å². The summed E-state index contributed by atoms with van der Waals surface area (Å²) in [4.78, 5) is 28.8. The van der Waals surface area contributed by atoms with Crippen molar-refractivity contribution in [1.82, 2.24) is 9.88 Å². The predicted molar refractivity (Wildman–Crippen MR) is 76.8 cm³/mol. The molecule has 110 valence electrons. The molecule has 0 radical (unpaired) electrons. The molecular formula is C14H21N3O3. The van der Waals surface area contributed by atoms with Crippen molar-refractivity contribution in [3.8, 4) is 0 Å². The Morgan fingerprint density at radius 1 is 1.45 bits per heavy atom. The average Bonchev–Trinajstić information content (AvgIpc) is 2.37. The van der Waals surface area contributed by atoms with Gasteiger partial charge in [0.15, 0.2) is 0 Å². The average molecular weight is 279 g/mol. The number of amides is 1. The highest BCUT2D eigenvalue weighted by molar-refractivity contribution is 5.99. The molecule has 0 atom stereocenters.